The Balaban J connectivity index is 0.000000283. The molecule has 0 saturated heterocycles. The molecule has 0 amide bonds. The van der Waals surface area contributed by atoms with Gasteiger partial charge in [0.05, 0.1) is 25.4 Å². The number of anilines is 1. The van der Waals surface area contributed by atoms with Crippen LogP contribution in [0.15, 0.2) is 36.4 Å². The molecular weight excluding hydrogens is 384 g/mol. The molecule has 2 rings (SSSR count). The van der Waals surface area contributed by atoms with Gasteiger partial charge in [-0.2, -0.15) is 0 Å². The predicted octanol–water partition coefficient (Wildman–Crippen LogP) is 3.79. The number of ether oxygens (including phenoxy) is 2. The third kappa shape index (κ3) is 7.07. The maximum Gasteiger partial charge on any atom is 0.311 e. The number of aryl methyl sites for hydroxylation is 2. The van der Waals surface area contributed by atoms with E-state index < -0.39 is 14.9 Å². The summed E-state index contributed by atoms with van der Waals surface area (Å²) >= 11 is 0. The zero-order chi connectivity index (χ0) is 21.3. The van der Waals surface area contributed by atoms with Crippen LogP contribution >= 0.6 is 0 Å². The van der Waals surface area contributed by atoms with Crippen molar-refractivity contribution in [2.75, 3.05) is 25.2 Å². The number of hydrogen-bond acceptors (Lipinski definition) is 6. The summed E-state index contributed by atoms with van der Waals surface area (Å²) in [6, 6.07) is 10.2. The summed E-state index contributed by atoms with van der Waals surface area (Å²) in [6.45, 7) is 3.94. The zero-order valence-electron chi connectivity index (χ0n) is 16.7. The van der Waals surface area contributed by atoms with Gasteiger partial charge in [0.15, 0.2) is 5.75 Å². The normalized spacial score (nSPS) is 10.5. The molecule has 2 aromatic carbocycles. The predicted molar refractivity (Wildman–Crippen MR) is 110 cm³/mol. The minimum Gasteiger partial charge on any atom is -0.496 e. The molecular formula is C19H26N2O6S. The molecule has 0 spiro atoms. The Labute approximate surface area is 165 Å². The van der Waals surface area contributed by atoms with E-state index in [4.69, 9.17) is 9.47 Å². The van der Waals surface area contributed by atoms with Crippen LogP contribution in [0.5, 0.6) is 11.5 Å². The average molecular weight is 410 g/mol. The van der Waals surface area contributed by atoms with Crippen molar-refractivity contribution < 1.29 is 22.8 Å². The summed E-state index contributed by atoms with van der Waals surface area (Å²) < 4.78 is 34.5. The van der Waals surface area contributed by atoms with Gasteiger partial charge < -0.3 is 9.47 Å². The Morgan fingerprint density at radius 1 is 1.00 bits per heavy atom. The number of hydrogen-bond donors (Lipinski definition) is 1. The first kappa shape index (κ1) is 23.2. The van der Waals surface area contributed by atoms with Gasteiger partial charge in [0.2, 0.25) is 10.0 Å². The van der Waals surface area contributed by atoms with Crippen LogP contribution in [0.1, 0.15) is 25.0 Å². The molecule has 0 heterocycles. The third-order valence-corrected chi connectivity index (χ3v) is 4.42. The lowest BCUT2D eigenvalue weighted by Crippen LogP contribution is -2.09. The molecule has 0 saturated carbocycles. The lowest BCUT2D eigenvalue weighted by Gasteiger charge is -2.09. The molecule has 0 aromatic heterocycles. The molecule has 0 aliphatic carbocycles. The van der Waals surface area contributed by atoms with Gasteiger partial charge in [-0.1, -0.05) is 19.9 Å². The molecule has 0 aliphatic heterocycles. The summed E-state index contributed by atoms with van der Waals surface area (Å²) in [5, 5.41) is 10.6. The van der Waals surface area contributed by atoms with Crippen LogP contribution in [0.3, 0.4) is 0 Å². The van der Waals surface area contributed by atoms with Crippen molar-refractivity contribution >= 4 is 21.4 Å². The van der Waals surface area contributed by atoms with Gasteiger partial charge in [-0.25, -0.2) is 8.42 Å². The van der Waals surface area contributed by atoms with Gasteiger partial charge in [0.1, 0.15) is 5.75 Å². The second kappa shape index (κ2) is 10.5. The number of benzene rings is 2. The number of nitro benzene ring substituents is 1. The highest BCUT2D eigenvalue weighted by Crippen LogP contribution is 2.27. The van der Waals surface area contributed by atoms with Crippen molar-refractivity contribution in [3.8, 4) is 11.5 Å². The Morgan fingerprint density at radius 3 is 2.07 bits per heavy atom. The van der Waals surface area contributed by atoms with Gasteiger partial charge in [-0.15, -0.1) is 0 Å². The van der Waals surface area contributed by atoms with Crippen LogP contribution in [0.25, 0.3) is 0 Å². The summed E-state index contributed by atoms with van der Waals surface area (Å²) in [6.07, 6.45) is 2.70. The zero-order valence-corrected chi connectivity index (χ0v) is 17.5. The van der Waals surface area contributed by atoms with E-state index in [9.17, 15) is 18.5 Å². The van der Waals surface area contributed by atoms with E-state index in [0.29, 0.717) is 11.4 Å². The molecule has 154 valence electrons. The van der Waals surface area contributed by atoms with Crippen LogP contribution in [0.2, 0.25) is 0 Å². The number of nitrogens with zero attached hydrogens (tertiary/aromatic N) is 1. The van der Waals surface area contributed by atoms with Gasteiger partial charge >= 0.3 is 5.69 Å². The largest absolute Gasteiger partial charge is 0.496 e. The first-order valence-electron chi connectivity index (χ1n) is 8.61. The number of methoxy groups -OCH3 is 2. The molecule has 9 heteroatoms. The Bertz CT molecular complexity index is 913. The maximum absolute atomic E-state index is 11.0. The van der Waals surface area contributed by atoms with Crippen molar-refractivity contribution in [1.82, 2.24) is 0 Å². The van der Waals surface area contributed by atoms with Gasteiger partial charge in [0.25, 0.3) is 0 Å². The van der Waals surface area contributed by atoms with Gasteiger partial charge in [-0.3, -0.25) is 14.8 Å². The van der Waals surface area contributed by atoms with Gasteiger partial charge in [0, 0.05) is 11.8 Å². The molecule has 0 aliphatic rings. The first-order chi connectivity index (χ1) is 13.1. The molecule has 0 fully saturated rings. The molecule has 0 unspecified atom stereocenters. The number of nitro groups is 1. The van der Waals surface area contributed by atoms with E-state index in [2.05, 4.69) is 4.72 Å². The molecule has 0 bridgehead atoms. The summed E-state index contributed by atoms with van der Waals surface area (Å²) in [5.74, 6) is 1.08. The minimum absolute atomic E-state index is 0.0295. The van der Waals surface area contributed by atoms with Crippen LogP contribution in [0.4, 0.5) is 11.4 Å². The van der Waals surface area contributed by atoms with E-state index in [1.807, 2.05) is 19.9 Å². The molecule has 8 nitrogen and oxygen atoms in total. The van der Waals surface area contributed by atoms with Crippen LogP contribution in [-0.2, 0) is 22.9 Å². The van der Waals surface area contributed by atoms with Gasteiger partial charge in [-0.05, 0) is 48.2 Å². The SMILES string of the molecule is CCc1cc(NS(C)(=O)=O)ccc1OC.CCc1ccc(OC)c([N+](=O)[O-])c1. The van der Waals surface area contributed by atoms with Crippen LogP contribution < -0.4 is 14.2 Å². The monoisotopic (exact) mass is 410 g/mol. The second-order valence-corrected chi connectivity index (χ2v) is 7.62. The molecule has 0 atom stereocenters. The van der Waals surface area contributed by atoms with E-state index in [1.165, 1.54) is 7.11 Å². The smallest absolute Gasteiger partial charge is 0.311 e. The van der Waals surface area contributed by atoms with Crippen LogP contribution in [0, 0.1) is 10.1 Å². The highest BCUT2D eigenvalue weighted by atomic mass is 32.2. The van der Waals surface area contributed by atoms with Crippen molar-refractivity contribution in [3.63, 3.8) is 0 Å². The standard InChI is InChI=1S/C10H15NO3S.C9H11NO3/c1-4-8-7-9(11-15(3,12)13)5-6-10(8)14-2;1-3-7-4-5-9(13-2)8(6-7)10(11)12/h5-7,11H,4H2,1-3H3;4-6H,3H2,1-2H3. The molecule has 28 heavy (non-hydrogen) atoms. The highest BCUT2D eigenvalue weighted by molar-refractivity contribution is 7.92. The first-order valence-corrected chi connectivity index (χ1v) is 10.5. The summed E-state index contributed by atoms with van der Waals surface area (Å²) in [7, 11) is -0.193. The van der Waals surface area contributed by atoms with E-state index >= 15 is 0 Å². The average Bonchev–Trinajstić information content (AvgIpc) is 2.66. The topological polar surface area (TPSA) is 108 Å². The Hall–Kier alpha value is -2.81. The van der Waals surface area contributed by atoms with Crippen molar-refractivity contribution in [3.05, 3.63) is 57.6 Å². The highest BCUT2D eigenvalue weighted by Gasteiger charge is 2.14. The molecule has 1 N–H and O–H groups in total. The Kier molecular flexibility index (Phi) is 8.72. The second-order valence-electron chi connectivity index (χ2n) is 5.87. The lowest BCUT2D eigenvalue weighted by molar-refractivity contribution is -0.385. The van der Waals surface area contributed by atoms with E-state index in [-0.39, 0.29) is 5.69 Å². The number of rotatable bonds is 7. The fourth-order valence-electron chi connectivity index (χ4n) is 2.43. The number of nitrogens with one attached hydrogen (secondary N) is 1. The van der Waals surface area contributed by atoms with Crippen molar-refractivity contribution in [1.29, 1.82) is 0 Å². The number of sulfonamides is 1. The molecule has 0 radical (unpaired) electrons. The fourth-order valence-corrected chi connectivity index (χ4v) is 2.99. The fraction of sp³-hybridized carbons (Fsp3) is 0.368. The van der Waals surface area contributed by atoms with Crippen molar-refractivity contribution in [2.45, 2.75) is 26.7 Å². The quantitative estimate of drug-likeness (QED) is 0.549. The van der Waals surface area contributed by atoms with Crippen LogP contribution in [-0.4, -0.2) is 33.8 Å². The maximum atomic E-state index is 11.0. The van der Waals surface area contributed by atoms with Crippen molar-refractivity contribution in [2.24, 2.45) is 0 Å². The third-order valence-electron chi connectivity index (χ3n) is 3.81. The van der Waals surface area contributed by atoms with E-state index in [1.54, 1.807) is 37.4 Å². The van der Waals surface area contributed by atoms with E-state index in [0.717, 1.165) is 36.0 Å². The Morgan fingerprint density at radius 2 is 1.61 bits per heavy atom. The summed E-state index contributed by atoms with van der Waals surface area (Å²) in [4.78, 5) is 10.1. The minimum atomic E-state index is -3.21. The summed E-state index contributed by atoms with van der Waals surface area (Å²) in [5.41, 5.74) is 2.51. The molecule has 2 aromatic rings. The lowest BCUT2D eigenvalue weighted by atomic mass is 10.1.